The Kier molecular flexibility index (Phi) is 7.08. The summed E-state index contributed by atoms with van der Waals surface area (Å²) in [6, 6.07) is 10.8. The average Bonchev–Trinajstić information content (AvgIpc) is 2.62. The van der Waals surface area contributed by atoms with E-state index in [9.17, 15) is 23.9 Å². The van der Waals surface area contributed by atoms with E-state index in [4.69, 9.17) is 0 Å². The Morgan fingerprint density at radius 3 is 2.22 bits per heavy atom. The molecule has 0 aromatic heterocycles. The third kappa shape index (κ3) is 5.90. The molecule has 10 heteroatoms. The van der Waals surface area contributed by atoms with Gasteiger partial charge in [0.05, 0.1) is 15.7 Å². The Morgan fingerprint density at radius 2 is 1.70 bits per heavy atom. The second-order valence-corrected chi connectivity index (χ2v) is 7.69. The molecule has 0 spiro atoms. The summed E-state index contributed by atoms with van der Waals surface area (Å²) in [6.07, 6.45) is 1.78. The third-order valence-electron chi connectivity index (χ3n) is 3.36. The van der Waals surface area contributed by atoms with E-state index in [1.165, 1.54) is 30.8 Å². The lowest BCUT2D eigenvalue weighted by Crippen LogP contribution is -2.20. The highest BCUT2D eigenvalue weighted by Crippen LogP contribution is 2.28. The molecule has 142 valence electrons. The highest BCUT2D eigenvalue weighted by Gasteiger charge is 2.21. The molecule has 0 aliphatic rings. The van der Waals surface area contributed by atoms with Crippen LogP contribution in [0.3, 0.4) is 0 Å². The zero-order valence-electron chi connectivity index (χ0n) is 14.6. The molecule has 0 bridgehead atoms. The first-order valence-electron chi connectivity index (χ1n) is 7.68. The minimum atomic E-state index is -1.86. The fourth-order valence-corrected chi connectivity index (χ4v) is 3.68. The highest BCUT2D eigenvalue weighted by atomic mass is 32.2. The number of amides is 2. The van der Waals surface area contributed by atoms with Crippen LogP contribution in [0, 0.1) is 10.1 Å². The van der Waals surface area contributed by atoms with E-state index in [1.54, 1.807) is 36.6 Å². The summed E-state index contributed by atoms with van der Waals surface area (Å²) < 4.78 is 12.4. The van der Waals surface area contributed by atoms with Gasteiger partial charge in [0.25, 0.3) is 5.69 Å². The number of thioether (sulfide) groups is 1. The number of benzene rings is 2. The zero-order chi connectivity index (χ0) is 20.0. The molecule has 2 rings (SSSR count). The van der Waals surface area contributed by atoms with E-state index in [1.807, 2.05) is 0 Å². The van der Waals surface area contributed by atoms with Crippen molar-refractivity contribution < 1.29 is 18.7 Å². The largest absolute Gasteiger partial charge is 0.326 e. The minimum Gasteiger partial charge on any atom is -0.326 e. The first kappa shape index (κ1) is 20.6. The minimum absolute atomic E-state index is 0.00829. The normalized spacial score (nSPS) is 11.5. The van der Waals surface area contributed by atoms with Crippen LogP contribution in [-0.4, -0.2) is 33.0 Å². The van der Waals surface area contributed by atoms with Crippen LogP contribution < -0.4 is 10.6 Å². The summed E-state index contributed by atoms with van der Waals surface area (Å²) in [5.41, 5.74) is 0.763. The fraction of sp³-hybridized carbons (Fsp3) is 0.176. The molecule has 8 nitrogen and oxygen atoms in total. The van der Waals surface area contributed by atoms with E-state index < -0.39 is 27.4 Å². The van der Waals surface area contributed by atoms with Crippen molar-refractivity contribution >= 4 is 51.4 Å². The van der Waals surface area contributed by atoms with Gasteiger partial charge in [0, 0.05) is 29.3 Å². The van der Waals surface area contributed by atoms with Gasteiger partial charge in [0.15, 0.2) is 0 Å². The van der Waals surface area contributed by atoms with Crippen molar-refractivity contribution in [3.05, 3.63) is 52.6 Å². The van der Waals surface area contributed by atoms with Crippen molar-refractivity contribution in [3.63, 3.8) is 0 Å². The van der Waals surface area contributed by atoms with E-state index in [2.05, 4.69) is 10.6 Å². The molecule has 2 N–H and O–H groups in total. The number of hydrogen-bond donors (Lipinski definition) is 2. The number of nitrogens with one attached hydrogen (secondary N) is 2. The van der Waals surface area contributed by atoms with Crippen molar-refractivity contribution in [1.29, 1.82) is 0 Å². The van der Waals surface area contributed by atoms with Crippen LogP contribution in [0.1, 0.15) is 6.92 Å². The quantitative estimate of drug-likeness (QED) is 0.414. The van der Waals surface area contributed by atoms with Gasteiger partial charge in [-0.25, -0.2) is 0 Å². The number of hydrogen-bond acceptors (Lipinski definition) is 6. The Labute approximate surface area is 162 Å². The first-order valence-corrected chi connectivity index (χ1v) is 10.2. The molecule has 2 aromatic carbocycles. The Bertz CT molecular complexity index is 900. The van der Waals surface area contributed by atoms with Crippen molar-refractivity contribution in [1.82, 2.24) is 0 Å². The molecule has 0 aliphatic heterocycles. The van der Waals surface area contributed by atoms with Crippen LogP contribution >= 0.6 is 11.8 Å². The van der Waals surface area contributed by atoms with Crippen molar-refractivity contribution in [2.24, 2.45) is 0 Å². The van der Waals surface area contributed by atoms with Gasteiger partial charge in [-0.05, 0) is 42.7 Å². The van der Waals surface area contributed by atoms with Gasteiger partial charge in [-0.1, -0.05) is 0 Å². The summed E-state index contributed by atoms with van der Waals surface area (Å²) in [6.45, 7) is 1.38. The lowest BCUT2D eigenvalue weighted by Gasteiger charge is -2.08. The van der Waals surface area contributed by atoms with Crippen LogP contribution in [-0.2, 0) is 20.4 Å². The molecule has 0 fully saturated rings. The third-order valence-corrected chi connectivity index (χ3v) is 5.44. The van der Waals surface area contributed by atoms with Gasteiger partial charge in [-0.2, -0.15) is 0 Å². The molecule has 0 aliphatic carbocycles. The summed E-state index contributed by atoms with van der Waals surface area (Å²) in [7, 11) is -1.86. The second-order valence-electron chi connectivity index (χ2n) is 5.39. The highest BCUT2D eigenvalue weighted by molar-refractivity contribution is 7.98. The maximum absolute atomic E-state index is 12.4. The number of carbonyl (C=O) groups excluding carboxylic acids is 2. The van der Waals surface area contributed by atoms with Gasteiger partial charge in [-0.3, -0.25) is 23.9 Å². The van der Waals surface area contributed by atoms with Crippen LogP contribution in [0.4, 0.5) is 17.1 Å². The van der Waals surface area contributed by atoms with Crippen LogP contribution in [0.25, 0.3) is 0 Å². The predicted octanol–water partition coefficient (Wildman–Crippen LogP) is 3.02. The van der Waals surface area contributed by atoms with Crippen molar-refractivity contribution in [2.75, 3.05) is 22.6 Å². The number of anilines is 2. The van der Waals surface area contributed by atoms with Gasteiger partial charge in [0.1, 0.15) is 10.6 Å². The number of carbonyl (C=O) groups is 2. The fourth-order valence-electron chi connectivity index (χ4n) is 2.19. The lowest BCUT2D eigenvalue weighted by molar-refractivity contribution is -0.388. The molecule has 2 amide bonds. The number of nitrogens with zero attached hydrogens (tertiary/aromatic N) is 1. The average molecular weight is 407 g/mol. The monoisotopic (exact) mass is 407 g/mol. The molecule has 0 heterocycles. The molecule has 0 saturated carbocycles. The molecule has 1 atom stereocenters. The SMILES string of the molecule is CSc1ccc(S(=O)CC(=O)Nc2ccc(NC(C)=O)cc2)c([N+](=O)[O-])c1. The Morgan fingerprint density at radius 1 is 1.11 bits per heavy atom. The Hall–Kier alpha value is -2.72. The van der Waals surface area contributed by atoms with Crippen LogP contribution in [0.15, 0.2) is 52.3 Å². The summed E-state index contributed by atoms with van der Waals surface area (Å²) >= 11 is 1.33. The summed E-state index contributed by atoms with van der Waals surface area (Å²) in [5.74, 6) is -1.16. The van der Waals surface area contributed by atoms with Crippen LogP contribution in [0.5, 0.6) is 0 Å². The lowest BCUT2D eigenvalue weighted by atomic mass is 10.3. The smallest absolute Gasteiger partial charge is 0.286 e. The number of nitro groups is 1. The van der Waals surface area contributed by atoms with Crippen molar-refractivity contribution in [2.45, 2.75) is 16.7 Å². The molecular formula is C17H17N3O5S2. The van der Waals surface area contributed by atoms with Gasteiger partial charge >= 0.3 is 0 Å². The summed E-state index contributed by atoms with van der Waals surface area (Å²) in [5, 5.41) is 16.4. The van der Waals surface area contributed by atoms with Gasteiger partial charge in [-0.15, -0.1) is 11.8 Å². The zero-order valence-corrected chi connectivity index (χ0v) is 16.2. The number of rotatable bonds is 7. The topological polar surface area (TPSA) is 118 Å². The molecule has 2 aromatic rings. The standard InChI is InChI=1S/C17H17N3O5S2/c1-11(21)18-12-3-5-13(6-4-12)19-17(22)10-27(25)16-8-7-14(26-2)9-15(16)20(23)24/h3-9H,10H2,1-2H3,(H,18,21)(H,19,22). The van der Waals surface area contributed by atoms with Crippen LogP contribution in [0.2, 0.25) is 0 Å². The number of nitro benzene ring substituents is 1. The molecule has 0 saturated heterocycles. The predicted molar refractivity (Wildman–Crippen MR) is 106 cm³/mol. The maximum atomic E-state index is 12.4. The van der Waals surface area contributed by atoms with E-state index in [0.717, 1.165) is 0 Å². The molecule has 0 radical (unpaired) electrons. The summed E-state index contributed by atoms with van der Waals surface area (Å²) in [4.78, 5) is 34.4. The van der Waals surface area contributed by atoms with E-state index in [-0.39, 0.29) is 16.5 Å². The maximum Gasteiger partial charge on any atom is 0.286 e. The van der Waals surface area contributed by atoms with Crippen molar-refractivity contribution in [3.8, 4) is 0 Å². The van der Waals surface area contributed by atoms with E-state index >= 15 is 0 Å². The molecule has 27 heavy (non-hydrogen) atoms. The van der Waals surface area contributed by atoms with E-state index in [0.29, 0.717) is 16.3 Å². The first-order chi connectivity index (χ1) is 12.8. The second kappa shape index (κ2) is 9.28. The molecular weight excluding hydrogens is 390 g/mol. The van der Waals surface area contributed by atoms with Gasteiger partial charge in [0.2, 0.25) is 11.8 Å². The Balaban J connectivity index is 2.06. The molecule has 1 unspecified atom stereocenters. The van der Waals surface area contributed by atoms with Gasteiger partial charge < -0.3 is 10.6 Å².